The van der Waals surface area contributed by atoms with Gasteiger partial charge in [0.2, 0.25) is 5.91 Å². The van der Waals surface area contributed by atoms with Crippen molar-refractivity contribution in [2.75, 3.05) is 13.1 Å². The molecule has 1 aliphatic rings. The largest absolute Gasteiger partial charge is 0.472 e. The summed E-state index contributed by atoms with van der Waals surface area (Å²) in [5.74, 6) is -0.0821. The van der Waals surface area contributed by atoms with Gasteiger partial charge in [-0.15, -0.1) is 0 Å². The number of carbonyl (C=O) groups is 2. The first-order chi connectivity index (χ1) is 13.7. The molecule has 144 valence electrons. The number of aromatic nitrogens is 2. The fraction of sp³-hybridized carbons (Fsp3) is 0.286. The SMILES string of the molecule is O=C(NCc1cnn(-c2ccccc2)c1)C1CCN(C(=O)c2ccoc2)CC1. The van der Waals surface area contributed by atoms with Crippen LogP contribution in [-0.4, -0.2) is 39.6 Å². The summed E-state index contributed by atoms with van der Waals surface area (Å²) in [6.07, 6.45) is 7.96. The molecule has 1 fully saturated rings. The van der Waals surface area contributed by atoms with Gasteiger partial charge in [-0.3, -0.25) is 9.59 Å². The van der Waals surface area contributed by atoms with Gasteiger partial charge >= 0.3 is 0 Å². The molecule has 1 N–H and O–H groups in total. The average molecular weight is 378 g/mol. The molecule has 0 bridgehead atoms. The van der Waals surface area contributed by atoms with Gasteiger partial charge in [0.15, 0.2) is 0 Å². The summed E-state index contributed by atoms with van der Waals surface area (Å²) in [5.41, 5.74) is 2.48. The van der Waals surface area contributed by atoms with E-state index in [1.54, 1.807) is 21.8 Å². The Labute approximate surface area is 162 Å². The van der Waals surface area contributed by atoms with E-state index in [0.717, 1.165) is 11.3 Å². The molecule has 0 saturated carbocycles. The number of para-hydroxylation sites is 1. The number of hydrogen-bond acceptors (Lipinski definition) is 4. The van der Waals surface area contributed by atoms with Gasteiger partial charge in [-0.1, -0.05) is 18.2 Å². The van der Waals surface area contributed by atoms with Crippen molar-refractivity contribution in [3.05, 3.63) is 72.4 Å². The Morgan fingerprint density at radius 2 is 1.93 bits per heavy atom. The van der Waals surface area contributed by atoms with E-state index >= 15 is 0 Å². The first kappa shape index (κ1) is 18.0. The molecule has 2 amide bonds. The number of hydrogen-bond donors (Lipinski definition) is 1. The van der Waals surface area contributed by atoms with E-state index in [1.807, 2.05) is 36.5 Å². The molecule has 1 aliphatic heterocycles. The predicted octanol–water partition coefficient (Wildman–Crippen LogP) is 2.63. The lowest BCUT2D eigenvalue weighted by Gasteiger charge is -2.31. The van der Waals surface area contributed by atoms with E-state index in [1.165, 1.54) is 12.5 Å². The van der Waals surface area contributed by atoms with Crippen LogP contribution in [0.2, 0.25) is 0 Å². The van der Waals surface area contributed by atoms with Gasteiger partial charge in [-0.2, -0.15) is 5.10 Å². The molecule has 1 saturated heterocycles. The Morgan fingerprint density at radius 1 is 1.14 bits per heavy atom. The van der Waals surface area contributed by atoms with Crippen LogP contribution >= 0.6 is 0 Å². The summed E-state index contributed by atoms with van der Waals surface area (Å²) in [6, 6.07) is 11.5. The summed E-state index contributed by atoms with van der Waals surface area (Å²) in [5, 5.41) is 7.34. The molecule has 3 heterocycles. The van der Waals surface area contributed by atoms with Crippen molar-refractivity contribution in [3.63, 3.8) is 0 Å². The molecule has 0 atom stereocenters. The summed E-state index contributed by atoms with van der Waals surface area (Å²) in [6.45, 7) is 1.60. The van der Waals surface area contributed by atoms with Crippen molar-refractivity contribution in [1.29, 1.82) is 0 Å². The van der Waals surface area contributed by atoms with Gasteiger partial charge in [-0.25, -0.2) is 4.68 Å². The number of carbonyl (C=O) groups excluding carboxylic acids is 2. The van der Waals surface area contributed by atoms with Crippen LogP contribution in [0.5, 0.6) is 0 Å². The van der Waals surface area contributed by atoms with E-state index in [9.17, 15) is 9.59 Å². The van der Waals surface area contributed by atoms with Crippen LogP contribution in [0.4, 0.5) is 0 Å². The van der Waals surface area contributed by atoms with Gasteiger partial charge < -0.3 is 14.6 Å². The molecular formula is C21H22N4O3. The molecule has 7 heteroatoms. The number of furan rings is 1. The molecule has 0 unspecified atom stereocenters. The summed E-state index contributed by atoms with van der Waals surface area (Å²) in [4.78, 5) is 26.6. The van der Waals surface area contributed by atoms with Gasteiger partial charge in [-0.05, 0) is 31.0 Å². The zero-order valence-electron chi connectivity index (χ0n) is 15.5. The highest BCUT2D eigenvalue weighted by Crippen LogP contribution is 2.19. The van der Waals surface area contributed by atoms with Gasteiger partial charge in [0.25, 0.3) is 5.91 Å². The molecule has 1 aromatic carbocycles. The average Bonchev–Trinajstić information content (AvgIpc) is 3.44. The number of nitrogens with one attached hydrogen (secondary N) is 1. The zero-order valence-corrected chi connectivity index (χ0v) is 15.5. The zero-order chi connectivity index (χ0) is 19.3. The smallest absolute Gasteiger partial charge is 0.257 e. The van der Waals surface area contributed by atoms with Crippen molar-refractivity contribution in [2.24, 2.45) is 5.92 Å². The Kier molecular flexibility index (Phi) is 5.23. The number of amides is 2. The molecule has 28 heavy (non-hydrogen) atoms. The number of benzene rings is 1. The minimum absolute atomic E-state index is 0.0304. The molecule has 0 spiro atoms. The van der Waals surface area contributed by atoms with Crippen molar-refractivity contribution in [2.45, 2.75) is 19.4 Å². The summed E-state index contributed by atoms with van der Waals surface area (Å²) >= 11 is 0. The predicted molar refractivity (Wildman–Crippen MR) is 103 cm³/mol. The molecule has 7 nitrogen and oxygen atoms in total. The molecule has 0 aliphatic carbocycles. The topological polar surface area (TPSA) is 80.4 Å². The van der Waals surface area contributed by atoms with Crippen LogP contribution in [0.1, 0.15) is 28.8 Å². The molecule has 3 aromatic rings. The highest BCUT2D eigenvalue weighted by atomic mass is 16.3. The minimum Gasteiger partial charge on any atom is -0.472 e. The van der Waals surface area contributed by atoms with Crippen LogP contribution < -0.4 is 5.32 Å². The second-order valence-electron chi connectivity index (χ2n) is 6.93. The van der Waals surface area contributed by atoms with Crippen LogP contribution in [0.15, 0.2) is 65.7 Å². The van der Waals surface area contributed by atoms with Crippen LogP contribution in [0.25, 0.3) is 5.69 Å². The van der Waals surface area contributed by atoms with Crippen molar-refractivity contribution in [3.8, 4) is 5.69 Å². The third-order valence-corrected chi connectivity index (χ3v) is 5.04. The molecule has 4 rings (SSSR count). The Morgan fingerprint density at radius 3 is 2.64 bits per heavy atom. The second kappa shape index (κ2) is 8.12. The van der Waals surface area contributed by atoms with Gasteiger partial charge in [0, 0.05) is 37.3 Å². The van der Waals surface area contributed by atoms with E-state index in [2.05, 4.69) is 10.4 Å². The van der Waals surface area contributed by atoms with Crippen LogP contribution in [-0.2, 0) is 11.3 Å². The number of piperidine rings is 1. The van der Waals surface area contributed by atoms with E-state index < -0.39 is 0 Å². The summed E-state index contributed by atoms with van der Waals surface area (Å²) in [7, 11) is 0. The van der Waals surface area contributed by atoms with E-state index in [4.69, 9.17) is 4.42 Å². The lowest BCUT2D eigenvalue weighted by atomic mass is 9.95. The van der Waals surface area contributed by atoms with Crippen molar-refractivity contribution < 1.29 is 14.0 Å². The Bertz CT molecular complexity index is 926. The van der Waals surface area contributed by atoms with Gasteiger partial charge in [0.05, 0.1) is 23.7 Å². The first-order valence-electron chi connectivity index (χ1n) is 9.39. The highest BCUT2D eigenvalue weighted by Gasteiger charge is 2.28. The number of likely N-dealkylation sites (tertiary alicyclic amines) is 1. The third-order valence-electron chi connectivity index (χ3n) is 5.04. The highest BCUT2D eigenvalue weighted by molar-refractivity contribution is 5.94. The van der Waals surface area contributed by atoms with Crippen LogP contribution in [0.3, 0.4) is 0 Å². The monoisotopic (exact) mass is 378 g/mol. The minimum atomic E-state index is -0.0717. The first-order valence-corrected chi connectivity index (χ1v) is 9.39. The fourth-order valence-electron chi connectivity index (χ4n) is 3.42. The van der Waals surface area contributed by atoms with E-state index in [-0.39, 0.29) is 17.7 Å². The third kappa shape index (κ3) is 3.98. The van der Waals surface area contributed by atoms with Crippen molar-refractivity contribution >= 4 is 11.8 Å². The second-order valence-corrected chi connectivity index (χ2v) is 6.93. The maximum Gasteiger partial charge on any atom is 0.257 e. The Balaban J connectivity index is 1.26. The van der Waals surface area contributed by atoms with Gasteiger partial charge in [0.1, 0.15) is 6.26 Å². The quantitative estimate of drug-likeness (QED) is 0.740. The standard InChI is InChI=1S/C21H22N4O3/c26-20(17-6-9-24(10-7-17)21(27)18-8-11-28-15-18)22-12-16-13-23-25(14-16)19-4-2-1-3-5-19/h1-5,8,11,13-15,17H,6-7,9-10,12H2,(H,22,26). The summed E-state index contributed by atoms with van der Waals surface area (Å²) < 4.78 is 6.76. The number of nitrogens with zero attached hydrogens (tertiary/aromatic N) is 3. The lowest BCUT2D eigenvalue weighted by Crippen LogP contribution is -2.42. The maximum absolute atomic E-state index is 12.5. The lowest BCUT2D eigenvalue weighted by molar-refractivity contribution is -0.126. The number of rotatable bonds is 5. The van der Waals surface area contributed by atoms with E-state index in [0.29, 0.717) is 38.0 Å². The Hall–Kier alpha value is -3.35. The fourth-order valence-corrected chi connectivity index (χ4v) is 3.42. The normalized spacial score (nSPS) is 14.8. The molecule has 0 radical (unpaired) electrons. The van der Waals surface area contributed by atoms with Crippen molar-refractivity contribution in [1.82, 2.24) is 20.0 Å². The molecular weight excluding hydrogens is 356 g/mol. The maximum atomic E-state index is 12.5. The molecule has 2 aromatic heterocycles. The van der Waals surface area contributed by atoms with Crippen LogP contribution in [0, 0.1) is 5.92 Å².